The molecule has 0 aliphatic rings. The van der Waals surface area contributed by atoms with Gasteiger partial charge in [0.2, 0.25) is 0 Å². The van der Waals surface area contributed by atoms with E-state index in [-0.39, 0.29) is 5.41 Å². The third-order valence-corrected chi connectivity index (χ3v) is 2.05. The Hall–Kier alpha value is -0.500. The first-order valence-electron chi connectivity index (χ1n) is 4.04. The van der Waals surface area contributed by atoms with Gasteiger partial charge in [-0.25, -0.2) is 0 Å². The average molecular weight is 187 g/mol. The molecule has 12 heavy (non-hydrogen) atoms. The maximum absolute atomic E-state index is 5.80. The molecule has 0 amide bonds. The Morgan fingerprint density at radius 3 is 2.42 bits per heavy atom. The quantitative estimate of drug-likeness (QED) is 0.617. The van der Waals surface area contributed by atoms with Crippen molar-refractivity contribution in [3.63, 3.8) is 0 Å². The van der Waals surface area contributed by atoms with Crippen LogP contribution in [0.15, 0.2) is 6.20 Å². The summed E-state index contributed by atoms with van der Waals surface area (Å²) < 4.78 is 1.82. The van der Waals surface area contributed by atoms with Crippen LogP contribution < -0.4 is 0 Å². The minimum Gasteiger partial charge on any atom is -0.275 e. The number of aryl methyl sites for hydroxylation is 1. The van der Waals surface area contributed by atoms with Gasteiger partial charge in [-0.3, -0.25) is 4.68 Å². The van der Waals surface area contributed by atoms with Gasteiger partial charge in [-0.15, -0.1) is 11.6 Å². The van der Waals surface area contributed by atoms with Crippen LogP contribution in [-0.4, -0.2) is 9.78 Å². The molecule has 3 heteroatoms. The summed E-state index contributed by atoms with van der Waals surface area (Å²) in [6, 6.07) is 0. The van der Waals surface area contributed by atoms with Gasteiger partial charge in [-0.05, 0) is 0 Å². The summed E-state index contributed by atoms with van der Waals surface area (Å²) in [5.74, 6) is 0.542. The molecule has 0 N–H and O–H groups in total. The van der Waals surface area contributed by atoms with Crippen molar-refractivity contribution in [1.82, 2.24) is 9.78 Å². The number of alkyl halides is 1. The SMILES string of the molecule is Cn1cc(CCl)c(C(C)(C)C)n1. The van der Waals surface area contributed by atoms with E-state index in [1.807, 2.05) is 17.9 Å². The van der Waals surface area contributed by atoms with E-state index in [1.165, 1.54) is 0 Å². The summed E-state index contributed by atoms with van der Waals surface area (Å²) in [5.41, 5.74) is 2.32. The molecule has 1 rings (SSSR count). The molecule has 0 saturated carbocycles. The topological polar surface area (TPSA) is 17.8 Å². The van der Waals surface area contributed by atoms with Crippen LogP contribution in [0, 0.1) is 0 Å². The lowest BCUT2D eigenvalue weighted by Crippen LogP contribution is -2.14. The van der Waals surface area contributed by atoms with Crippen molar-refractivity contribution in [1.29, 1.82) is 0 Å². The van der Waals surface area contributed by atoms with Gasteiger partial charge in [-0.1, -0.05) is 20.8 Å². The summed E-state index contributed by atoms with van der Waals surface area (Å²) in [7, 11) is 1.92. The highest BCUT2D eigenvalue weighted by Crippen LogP contribution is 2.24. The normalized spacial score (nSPS) is 12.1. The molecule has 1 aromatic rings. The molecule has 1 aromatic heterocycles. The molecular weight excluding hydrogens is 172 g/mol. The second kappa shape index (κ2) is 3.09. The van der Waals surface area contributed by atoms with Crippen molar-refractivity contribution in [2.75, 3.05) is 0 Å². The highest BCUT2D eigenvalue weighted by Gasteiger charge is 2.20. The van der Waals surface area contributed by atoms with Crippen LogP contribution in [0.25, 0.3) is 0 Å². The van der Waals surface area contributed by atoms with Crippen LogP contribution in [0.5, 0.6) is 0 Å². The Bertz CT molecular complexity index is 271. The van der Waals surface area contributed by atoms with E-state index in [0.29, 0.717) is 5.88 Å². The van der Waals surface area contributed by atoms with Gasteiger partial charge in [0.1, 0.15) is 0 Å². The predicted octanol–water partition coefficient (Wildman–Crippen LogP) is 2.46. The number of aromatic nitrogens is 2. The van der Waals surface area contributed by atoms with Gasteiger partial charge < -0.3 is 0 Å². The molecule has 0 saturated heterocycles. The maximum Gasteiger partial charge on any atom is 0.0721 e. The van der Waals surface area contributed by atoms with Crippen molar-refractivity contribution in [2.24, 2.45) is 7.05 Å². The van der Waals surface area contributed by atoms with E-state index in [1.54, 1.807) is 0 Å². The third kappa shape index (κ3) is 1.81. The van der Waals surface area contributed by atoms with Gasteiger partial charge >= 0.3 is 0 Å². The average Bonchev–Trinajstić information content (AvgIpc) is 2.29. The van der Waals surface area contributed by atoms with Crippen molar-refractivity contribution in [3.8, 4) is 0 Å². The van der Waals surface area contributed by atoms with Crippen molar-refractivity contribution < 1.29 is 0 Å². The van der Waals surface area contributed by atoms with E-state index in [9.17, 15) is 0 Å². The second-order valence-corrected chi connectivity index (χ2v) is 4.33. The first-order chi connectivity index (χ1) is 5.45. The third-order valence-electron chi connectivity index (χ3n) is 1.76. The van der Waals surface area contributed by atoms with Crippen LogP contribution in [0.4, 0.5) is 0 Å². The predicted molar refractivity (Wildman–Crippen MR) is 51.5 cm³/mol. The second-order valence-electron chi connectivity index (χ2n) is 4.06. The van der Waals surface area contributed by atoms with Crippen LogP contribution in [0.2, 0.25) is 0 Å². The number of nitrogens with zero attached hydrogens (tertiary/aromatic N) is 2. The minimum absolute atomic E-state index is 0.0888. The Morgan fingerprint density at radius 1 is 1.50 bits per heavy atom. The molecule has 1 heterocycles. The molecule has 2 nitrogen and oxygen atoms in total. The first kappa shape index (κ1) is 9.59. The van der Waals surface area contributed by atoms with E-state index in [4.69, 9.17) is 11.6 Å². The van der Waals surface area contributed by atoms with Crippen molar-refractivity contribution in [3.05, 3.63) is 17.5 Å². The highest BCUT2D eigenvalue weighted by molar-refractivity contribution is 6.17. The standard InChI is InChI=1S/C9H15ClN2/c1-9(2,3)8-7(5-10)6-12(4)11-8/h6H,5H2,1-4H3. The van der Waals surface area contributed by atoms with E-state index >= 15 is 0 Å². The van der Waals surface area contributed by atoms with E-state index < -0.39 is 0 Å². The molecule has 0 spiro atoms. The molecule has 0 atom stereocenters. The molecule has 0 unspecified atom stereocenters. The van der Waals surface area contributed by atoms with E-state index in [2.05, 4.69) is 25.9 Å². The first-order valence-corrected chi connectivity index (χ1v) is 4.57. The molecular formula is C9H15ClN2. The lowest BCUT2D eigenvalue weighted by molar-refractivity contribution is 0.550. The number of hydrogen-bond acceptors (Lipinski definition) is 1. The molecule has 68 valence electrons. The lowest BCUT2D eigenvalue weighted by Gasteiger charge is -2.16. The van der Waals surface area contributed by atoms with Gasteiger partial charge in [0.25, 0.3) is 0 Å². The van der Waals surface area contributed by atoms with Crippen LogP contribution in [0.1, 0.15) is 32.0 Å². The molecule has 0 aliphatic carbocycles. The lowest BCUT2D eigenvalue weighted by atomic mass is 9.90. The zero-order valence-electron chi connectivity index (χ0n) is 8.06. The van der Waals surface area contributed by atoms with Crippen LogP contribution >= 0.6 is 11.6 Å². The van der Waals surface area contributed by atoms with Crippen LogP contribution in [0.3, 0.4) is 0 Å². The van der Waals surface area contributed by atoms with Crippen molar-refractivity contribution in [2.45, 2.75) is 32.1 Å². The van der Waals surface area contributed by atoms with Gasteiger partial charge in [0, 0.05) is 24.2 Å². The zero-order valence-corrected chi connectivity index (χ0v) is 8.81. The Balaban J connectivity index is 3.13. The fraction of sp³-hybridized carbons (Fsp3) is 0.667. The van der Waals surface area contributed by atoms with Gasteiger partial charge in [0.15, 0.2) is 0 Å². The minimum atomic E-state index is 0.0888. The summed E-state index contributed by atoms with van der Waals surface area (Å²) in [6.07, 6.45) is 1.98. The summed E-state index contributed by atoms with van der Waals surface area (Å²) in [6.45, 7) is 6.43. The van der Waals surface area contributed by atoms with Crippen molar-refractivity contribution >= 4 is 11.6 Å². The summed E-state index contributed by atoms with van der Waals surface area (Å²) >= 11 is 5.80. The smallest absolute Gasteiger partial charge is 0.0721 e. The number of halogens is 1. The maximum atomic E-state index is 5.80. The molecule has 0 bridgehead atoms. The summed E-state index contributed by atoms with van der Waals surface area (Å²) in [5, 5.41) is 4.38. The summed E-state index contributed by atoms with van der Waals surface area (Å²) in [4.78, 5) is 0. The fourth-order valence-corrected chi connectivity index (χ4v) is 1.46. The molecule has 0 aliphatic heterocycles. The Kier molecular flexibility index (Phi) is 2.47. The Morgan fingerprint density at radius 2 is 2.08 bits per heavy atom. The monoisotopic (exact) mass is 186 g/mol. The van der Waals surface area contributed by atoms with Gasteiger partial charge in [-0.2, -0.15) is 5.10 Å². The molecule has 0 radical (unpaired) electrons. The van der Waals surface area contributed by atoms with Crippen LogP contribution in [-0.2, 0) is 18.3 Å². The number of rotatable bonds is 1. The molecule has 0 fully saturated rings. The van der Waals surface area contributed by atoms with Gasteiger partial charge in [0.05, 0.1) is 11.6 Å². The fourth-order valence-electron chi connectivity index (χ4n) is 1.27. The zero-order chi connectivity index (χ0) is 9.35. The van der Waals surface area contributed by atoms with E-state index in [0.717, 1.165) is 11.3 Å². The highest BCUT2D eigenvalue weighted by atomic mass is 35.5. The Labute approximate surface area is 78.5 Å². The number of hydrogen-bond donors (Lipinski definition) is 0. The largest absolute Gasteiger partial charge is 0.275 e. The molecule has 0 aromatic carbocycles.